The number of aliphatic hydroxyl groups excluding tert-OH is 7. The van der Waals surface area contributed by atoms with Crippen LogP contribution in [0.4, 0.5) is 0 Å². The molecule has 43 heavy (non-hydrogen) atoms. The summed E-state index contributed by atoms with van der Waals surface area (Å²) in [5.41, 5.74) is -1.21. The lowest BCUT2D eigenvalue weighted by Crippen LogP contribution is -2.60. The first kappa shape index (κ1) is 30.7. The van der Waals surface area contributed by atoms with Crippen LogP contribution in [0.2, 0.25) is 0 Å². The third-order valence-electron chi connectivity index (χ3n) is 7.31. The Kier molecular flexibility index (Phi) is 8.41. The van der Waals surface area contributed by atoms with E-state index in [2.05, 4.69) is 0 Å². The van der Waals surface area contributed by atoms with E-state index in [1.165, 1.54) is 31.2 Å². The van der Waals surface area contributed by atoms with Crippen LogP contribution in [-0.2, 0) is 9.47 Å². The van der Waals surface area contributed by atoms with Crippen LogP contribution in [0.1, 0.15) is 6.92 Å². The molecule has 2 aromatic carbocycles. The van der Waals surface area contributed by atoms with E-state index in [1.807, 2.05) is 0 Å². The number of aromatic hydroxyl groups is 3. The van der Waals surface area contributed by atoms with Gasteiger partial charge in [0.2, 0.25) is 29.8 Å². The highest BCUT2D eigenvalue weighted by Crippen LogP contribution is 2.51. The number of ether oxygens (including phenoxy) is 4. The maximum Gasteiger partial charge on any atom is 0.229 e. The summed E-state index contributed by atoms with van der Waals surface area (Å²) in [7, 11) is 0. The summed E-state index contributed by atoms with van der Waals surface area (Å²) in [6, 6.07) is 6.40. The average molecular weight is 611 g/mol. The van der Waals surface area contributed by atoms with Crippen LogP contribution in [0.5, 0.6) is 28.7 Å². The van der Waals surface area contributed by atoms with E-state index in [-0.39, 0.29) is 17.1 Å². The van der Waals surface area contributed by atoms with Crippen molar-refractivity contribution in [2.24, 2.45) is 0 Å². The quantitative estimate of drug-likeness (QED) is 0.144. The van der Waals surface area contributed by atoms with Crippen molar-refractivity contribution in [3.63, 3.8) is 0 Å². The van der Waals surface area contributed by atoms with Crippen molar-refractivity contribution in [2.75, 3.05) is 6.61 Å². The molecule has 234 valence electrons. The lowest BCUT2D eigenvalue weighted by Gasteiger charge is -2.40. The second-order valence-electron chi connectivity index (χ2n) is 10.2. The first-order valence-corrected chi connectivity index (χ1v) is 13.0. The molecule has 0 saturated carbocycles. The average Bonchev–Trinajstić information content (AvgIpc) is 2.98. The molecule has 0 radical (unpaired) electrons. The molecule has 2 aliphatic rings. The van der Waals surface area contributed by atoms with E-state index in [0.29, 0.717) is 0 Å². The summed E-state index contributed by atoms with van der Waals surface area (Å²) in [6.45, 7) is 0.545. The van der Waals surface area contributed by atoms with E-state index in [0.717, 1.165) is 6.07 Å². The summed E-state index contributed by atoms with van der Waals surface area (Å²) in [5, 5.41) is 102. The standard InChI is InChI=1S/C27H30O16/c1-8-15(31)18(34)20(36)26(39-8)43-25-22(38)24(42-27-21(37)19(35)16(32)13(7-28)41-27)17(33)14-11(30)6-12(40-23(14)25)9-2-4-10(29)5-3-9/h2-6,8,13,15-16,18-21,26-29,31-38H,7H2,1H3/t8-,13-,15-,16+,18+,19-,20+,21+,26-,27+/m1/s1. The highest BCUT2D eigenvalue weighted by molar-refractivity contribution is 5.95. The largest absolute Gasteiger partial charge is 0.508 e. The second kappa shape index (κ2) is 11.8. The van der Waals surface area contributed by atoms with Crippen molar-refractivity contribution in [2.45, 2.75) is 68.3 Å². The van der Waals surface area contributed by atoms with E-state index >= 15 is 0 Å². The Hall–Kier alpha value is -3.71. The van der Waals surface area contributed by atoms with E-state index in [4.69, 9.17) is 23.4 Å². The fourth-order valence-corrected chi connectivity index (χ4v) is 4.81. The van der Waals surface area contributed by atoms with Gasteiger partial charge in [-0.05, 0) is 31.2 Å². The molecule has 0 bridgehead atoms. The third-order valence-corrected chi connectivity index (χ3v) is 7.31. The van der Waals surface area contributed by atoms with Crippen LogP contribution in [0.15, 0.2) is 39.5 Å². The highest BCUT2D eigenvalue weighted by atomic mass is 16.7. The Labute approximate surface area is 241 Å². The minimum Gasteiger partial charge on any atom is -0.508 e. The fourth-order valence-electron chi connectivity index (χ4n) is 4.81. The van der Waals surface area contributed by atoms with Crippen molar-refractivity contribution < 1.29 is 74.4 Å². The van der Waals surface area contributed by atoms with E-state index in [9.17, 15) is 55.9 Å². The topological polar surface area (TPSA) is 269 Å². The van der Waals surface area contributed by atoms with Gasteiger partial charge in [0.1, 0.15) is 59.6 Å². The maximum absolute atomic E-state index is 13.3. The smallest absolute Gasteiger partial charge is 0.229 e. The number of phenols is 3. The first-order valence-electron chi connectivity index (χ1n) is 13.0. The Balaban J connectivity index is 1.67. The predicted octanol–water partition coefficient (Wildman–Crippen LogP) is -2.04. The zero-order valence-electron chi connectivity index (χ0n) is 22.3. The number of hydrogen-bond donors (Lipinski definition) is 10. The number of aliphatic hydroxyl groups is 7. The number of phenolic OH excluding ortho intramolecular Hbond substituents is 3. The van der Waals surface area contributed by atoms with Crippen molar-refractivity contribution in [1.29, 1.82) is 0 Å². The Morgan fingerprint density at radius 3 is 1.95 bits per heavy atom. The molecule has 2 fully saturated rings. The second-order valence-corrected chi connectivity index (χ2v) is 10.2. The van der Waals surface area contributed by atoms with Crippen LogP contribution in [0.3, 0.4) is 0 Å². The molecular weight excluding hydrogens is 580 g/mol. The third kappa shape index (κ3) is 5.44. The monoisotopic (exact) mass is 610 g/mol. The predicted molar refractivity (Wildman–Crippen MR) is 140 cm³/mol. The van der Waals surface area contributed by atoms with Gasteiger partial charge in [-0.3, -0.25) is 4.79 Å². The van der Waals surface area contributed by atoms with E-state index in [1.54, 1.807) is 0 Å². The van der Waals surface area contributed by atoms with Gasteiger partial charge in [0.15, 0.2) is 16.8 Å². The number of benzene rings is 2. The molecule has 10 N–H and O–H groups in total. The van der Waals surface area contributed by atoms with Crippen LogP contribution >= 0.6 is 0 Å². The Morgan fingerprint density at radius 2 is 1.33 bits per heavy atom. The summed E-state index contributed by atoms with van der Waals surface area (Å²) in [6.07, 6.45) is -17.0. The molecule has 10 atom stereocenters. The summed E-state index contributed by atoms with van der Waals surface area (Å²) >= 11 is 0. The molecule has 0 amide bonds. The maximum atomic E-state index is 13.3. The van der Waals surface area contributed by atoms with Crippen LogP contribution in [0, 0.1) is 0 Å². The van der Waals surface area contributed by atoms with Crippen molar-refractivity contribution in [3.8, 4) is 40.1 Å². The molecule has 3 heterocycles. The van der Waals surface area contributed by atoms with E-state index < -0.39 is 107 Å². The minimum absolute atomic E-state index is 0.0838. The molecule has 0 aliphatic carbocycles. The molecule has 0 unspecified atom stereocenters. The molecule has 16 nitrogen and oxygen atoms in total. The van der Waals surface area contributed by atoms with Crippen molar-refractivity contribution in [1.82, 2.24) is 0 Å². The van der Waals surface area contributed by atoms with Gasteiger partial charge >= 0.3 is 0 Å². The molecule has 0 spiro atoms. The number of fused-ring (bicyclic) bond motifs is 1. The minimum atomic E-state index is -1.98. The lowest BCUT2D eigenvalue weighted by atomic mass is 9.99. The SMILES string of the molecule is C[C@H]1O[C@H](Oc2c(O)c(O[C@@H]3O[C@H](CO)[C@H](O)[C@@H](O)[C@@H]3O)c(O)c3c(=O)cc(-c4ccc(O)cc4)oc23)[C@@H](O)[C@@H](O)[C@@H]1O. The normalized spacial score (nSPS) is 32.9. The number of hydrogen-bond acceptors (Lipinski definition) is 16. The first-order chi connectivity index (χ1) is 20.3. The van der Waals surface area contributed by atoms with Gasteiger partial charge in [-0.2, -0.15) is 0 Å². The van der Waals surface area contributed by atoms with Gasteiger partial charge in [-0.25, -0.2) is 0 Å². The van der Waals surface area contributed by atoms with Crippen molar-refractivity contribution >= 4 is 11.0 Å². The van der Waals surface area contributed by atoms with Crippen LogP contribution in [0.25, 0.3) is 22.3 Å². The lowest BCUT2D eigenvalue weighted by molar-refractivity contribution is -0.278. The summed E-state index contributed by atoms with van der Waals surface area (Å²) in [4.78, 5) is 13.3. The molecular formula is C27H30O16. The van der Waals surface area contributed by atoms with Gasteiger partial charge in [-0.1, -0.05) is 0 Å². The van der Waals surface area contributed by atoms with Gasteiger partial charge < -0.3 is 74.4 Å². The zero-order valence-corrected chi connectivity index (χ0v) is 22.3. The fraction of sp³-hybridized carbons (Fsp3) is 0.444. The molecule has 1 aromatic heterocycles. The molecule has 16 heteroatoms. The van der Waals surface area contributed by atoms with Gasteiger partial charge in [0, 0.05) is 11.6 Å². The summed E-state index contributed by atoms with van der Waals surface area (Å²) < 4.78 is 27.7. The van der Waals surface area contributed by atoms with Crippen LogP contribution in [-0.4, -0.2) is 119 Å². The Bertz CT molecular complexity index is 1520. The highest BCUT2D eigenvalue weighted by Gasteiger charge is 2.47. The molecule has 5 rings (SSSR count). The zero-order chi connectivity index (χ0) is 31.3. The van der Waals surface area contributed by atoms with Crippen LogP contribution < -0.4 is 14.9 Å². The molecule has 2 aliphatic heterocycles. The van der Waals surface area contributed by atoms with Gasteiger partial charge in [0.05, 0.1) is 12.7 Å². The molecule has 3 aromatic rings. The Morgan fingerprint density at radius 1 is 0.744 bits per heavy atom. The molecule has 2 saturated heterocycles. The van der Waals surface area contributed by atoms with Gasteiger partial charge in [0.25, 0.3) is 0 Å². The van der Waals surface area contributed by atoms with Crippen molar-refractivity contribution in [3.05, 3.63) is 40.6 Å². The summed E-state index contributed by atoms with van der Waals surface area (Å²) in [5.74, 6) is -4.01. The van der Waals surface area contributed by atoms with Gasteiger partial charge in [-0.15, -0.1) is 0 Å². The number of rotatable bonds is 6.